The van der Waals surface area contributed by atoms with E-state index in [9.17, 15) is 0 Å². The van der Waals surface area contributed by atoms with Crippen molar-refractivity contribution in [1.29, 1.82) is 0 Å². The molecule has 0 aliphatic heterocycles. The molecule has 0 aromatic rings. The summed E-state index contributed by atoms with van der Waals surface area (Å²) >= 11 is 0. The monoisotopic (exact) mass is 332 g/mol. The molecule has 0 radical (unpaired) electrons. The molecule has 0 aromatic carbocycles. The summed E-state index contributed by atoms with van der Waals surface area (Å²) < 4.78 is 12.4. The first kappa shape index (κ1) is 18.4. The zero-order valence-corrected chi connectivity index (χ0v) is 16.3. The summed E-state index contributed by atoms with van der Waals surface area (Å²) in [6.45, 7) is 4.50. The Hall–Kier alpha value is -0.903. The first-order chi connectivity index (χ1) is 11.2. The molecule has 0 spiro atoms. The summed E-state index contributed by atoms with van der Waals surface area (Å²) in [5.41, 5.74) is 2.94. The lowest BCUT2D eigenvalue weighted by Gasteiger charge is -2.32. The smallest absolute Gasteiger partial charge is 0.391 e. The fourth-order valence-electron chi connectivity index (χ4n) is 3.75. The molecule has 0 fully saturated rings. The van der Waals surface area contributed by atoms with E-state index in [1.54, 1.807) is 0 Å². The van der Waals surface area contributed by atoms with Crippen molar-refractivity contribution in [2.45, 2.75) is 65.2 Å². The summed E-state index contributed by atoms with van der Waals surface area (Å²) in [6, 6.07) is 0. The van der Waals surface area contributed by atoms with Crippen molar-refractivity contribution in [3.05, 3.63) is 45.8 Å². The van der Waals surface area contributed by atoms with Gasteiger partial charge in [-0.15, -0.1) is 0 Å². The van der Waals surface area contributed by atoms with E-state index in [1.807, 2.05) is 14.2 Å². The fraction of sp³-hybridized carbons (Fsp3) is 0.600. The highest BCUT2D eigenvalue weighted by atomic mass is 28.4. The first-order valence-corrected chi connectivity index (χ1v) is 10.9. The molecule has 2 nitrogen and oxygen atoms in total. The third-order valence-electron chi connectivity index (χ3n) is 5.03. The van der Waals surface area contributed by atoms with Crippen LogP contribution in [0.1, 0.15) is 65.2 Å². The standard InChI is InChI=1S/C20H32O2Si/c1-5-7-11-17-13-9-15-19(17)23(21-3,22-4)20-16-10-14-18(20)12-8-6-2/h9-10,13-14H,5-8,11-12,15-16H2,1-4H3. The molecule has 0 N–H and O–H groups in total. The van der Waals surface area contributed by atoms with Crippen LogP contribution < -0.4 is 0 Å². The average Bonchev–Trinajstić information content (AvgIpc) is 3.23. The Morgan fingerprint density at radius 2 is 1.26 bits per heavy atom. The lowest BCUT2D eigenvalue weighted by atomic mass is 10.1. The molecule has 0 amide bonds. The van der Waals surface area contributed by atoms with Gasteiger partial charge in [-0.2, -0.15) is 0 Å². The molecule has 2 rings (SSSR count). The van der Waals surface area contributed by atoms with E-state index < -0.39 is 8.56 Å². The van der Waals surface area contributed by atoms with E-state index in [2.05, 4.69) is 38.2 Å². The molecule has 23 heavy (non-hydrogen) atoms. The van der Waals surface area contributed by atoms with Gasteiger partial charge in [-0.1, -0.05) is 51.0 Å². The summed E-state index contributed by atoms with van der Waals surface area (Å²) in [5.74, 6) is 0. The van der Waals surface area contributed by atoms with Crippen LogP contribution in [0.5, 0.6) is 0 Å². The molecule has 0 atom stereocenters. The Morgan fingerprint density at radius 1 is 0.826 bits per heavy atom. The van der Waals surface area contributed by atoms with Gasteiger partial charge >= 0.3 is 8.56 Å². The van der Waals surface area contributed by atoms with Gasteiger partial charge in [-0.3, -0.25) is 0 Å². The van der Waals surface area contributed by atoms with Gasteiger partial charge in [0.2, 0.25) is 0 Å². The van der Waals surface area contributed by atoms with Gasteiger partial charge < -0.3 is 8.85 Å². The molecule has 0 saturated heterocycles. The molecule has 128 valence electrons. The van der Waals surface area contributed by atoms with Crippen molar-refractivity contribution < 1.29 is 8.85 Å². The third-order valence-corrected chi connectivity index (χ3v) is 8.82. The molecule has 0 bridgehead atoms. The van der Waals surface area contributed by atoms with Crippen LogP contribution in [0.25, 0.3) is 0 Å². The minimum atomic E-state index is -2.47. The minimum absolute atomic E-state index is 0.998. The number of allylic oxidation sites excluding steroid dienone is 8. The van der Waals surface area contributed by atoms with Crippen molar-refractivity contribution in [3.8, 4) is 0 Å². The Bertz CT molecular complexity index is 478. The van der Waals surface area contributed by atoms with Gasteiger partial charge in [0.05, 0.1) is 0 Å². The van der Waals surface area contributed by atoms with Gasteiger partial charge in [-0.25, -0.2) is 0 Å². The van der Waals surface area contributed by atoms with Gasteiger partial charge in [-0.05, 0) is 60.1 Å². The van der Waals surface area contributed by atoms with Crippen LogP contribution in [-0.4, -0.2) is 22.8 Å². The van der Waals surface area contributed by atoms with Crippen LogP contribution in [0.2, 0.25) is 0 Å². The van der Waals surface area contributed by atoms with Crippen LogP contribution in [0.3, 0.4) is 0 Å². The van der Waals surface area contributed by atoms with Crippen LogP contribution >= 0.6 is 0 Å². The van der Waals surface area contributed by atoms with Gasteiger partial charge in [0.15, 0.2) is 0 Å². The highest BCUT2D eigenvalue weighted by Gasteiger charge is 2.47. The Morgan fingerprint density at radius 3 is 1.61 bits per heavy atom. The quantitative estimate of drug-likeness (QED) is 0.478. The Balaban J connectivity index is 2.39. The Labute approximate surface area is 143 Å². The van der Waals surface area contributed by atoms with Crippen molar-refractivity contribution >= 4 is 8.56 Å². The lowest BCUT2D eigenvalue weighted by molar-refractivity contribution is 0.260. The van der Waals surface area contributed by atoms with E-state index in [0.717, 1.165) is 25.7 Å². The second-order valence-corrected chi connectivity index (χ2v) is 9.71. The van der Waals surface area contributed by atoms with Gasteiger partial charge in [0, 0.05) is 14.2 Å². The number of hydrogen-bond acceptors (Lipinski definition) is 2. The fourth-order valence-corrected chi connectivity index (χ4v) is 7.31. The topological polar surface area (TPSA) is 18.5 Å². The molecule has 3 heteroatoms. The maximum absolute atomic E-state index is 6.20. The second kappa shape index (κ2) is 8.81. The maximum Gasteiger partial charge on any atom is 0.399 e. The summed E-state index contributed by atoms with van der Waals surface area (Å²) in [7, 11) is 1.23. The van der Waals surface area contributed by atoms with Crippen LogP contribution in [0.4, 0.5) is 0 Å². The minimum Gasteiger partial charge on any atom is -0.391 e. The summed E-state index contributed by atoms with van der Waals surface area (Å²) in [4.78, 5) is 0. The predicted octanol–water partition coefficient (Wildman–Crippen LogP) is 5.69. The molecule has 0 aromatic heterocycles. The molecule has 0 heterocycles. The van der Waals surface area contributed by atoms with Gasteiger partial charge in [0.25, 0.3) is 0 Å². The second-order valence-electron chi connectivity index (χ2n) is 6.45. The van der Waals surface area contributed by atoms with Gasteiger partial charge in [0.1, 0.15) is 0 Å². The van der Waals surface area contributed by atoms with Crippen molar-refractivity contribution in [2.75, 3.05) is 14.2 Å². The van der Waals surface area contributed by atoms with E-state index >= 15 is 0 Å². The zero-order valence-electron chi connectivity index (χ0n) is 15.3. The first-order valence-electron chi connectivity index (χ1n) is 9.11. The highest BCUT2D eigenvalue weighted by Crippen LogP contribution is 2.41. The predicted molar refractivity (Wildman–Crippen MR) is 100 cm³/mol. The maximum atomic E-state index is 6.20. The number of unbranched alkanes of at least 4 members (excludes halogenated alkanes) is 2. The zero-order chi connectivity index (χ0) is 16.7. The number of hydrogen-bond donors (Lipinski definition) is 0. The van der Waals surface area contributed by atoms with Crippen LogP contribution in [-0.2, 0) is 8.85 Å². The van der Waals surface area contributed by atoms with E-state index in [0.29, 0.717) is 0 Å². The molecular formula is C20H32O2Si. The Kier molecular flexibility index (Phi) is 7.06. The molecule has 0 saturated carbocycles. The molecule has 2 aliphatic carbocycles. The highest BCUT2D eigenvalue weighted by molar-refractivity contribution is 6.82. The van der Waals surface area contributed by atoms with Crippen molar-refractivity contribution in [2.24, 2.45) is 0 Å². The van der Waals surface area contributed by atoms with Crippen LogP contribution in [0.15, 0.2) is 45.8 Å². The number of rotatable bonds is 10. The normalized spacial score (nSPS) is 17.9. The van der Waals surface area contributed by atoms with E-state index in [-0.39, 0.29) is 0 Å². The SMILES string of the molecule is CCCCC1=C([Si](OC)(OC)C2=C(CCCC)C=CC2)CC=C1. The average molecular weight is 333 g/mol. The van der Waals surface area contributed by atoms with E-state index in [1.165, 1.54) is 47.2 Å². The van der Waals surface area contributed by atoms with E-state index in [4.69, 9.17) is 8.85 Å². The van der Waals surface area contributed by atoms with Crippen LogP contribution in [0, 0.1) is 0 Å². The molecular weight excluding hydrogens is 300 g/mol. The molecule has 0 unspecified atom stereocenters. The third kappa shape index (κ3) is 3.78. The molecule has 2 aliphatic rings. The summed E-state index contributed by atoms with van der Waals surface area (Å²) in [6.07, 6.45) is 18.4. The van der Waals surface area contributed by atoms with Crippen molar-refractivity contribution in [3.63, 3.8) is 0 Å². The largest absolute Gasteiger partial charge is 0.399 e. The van der Waals surface area contributed by atoms with Crippen molar-refractivity contribution in [1.82, 2.24) is 0 Å². The summed E-state index contributed by atoms with van der Waals surface area (Å²) in [5, 5.41) is 2.90. The lowest BCUT2D eigenvalue weighted by Crippen LogP contribution is -2.46.